The van der Waals surface area contributed by atoms with Crippen LogP contribution < -0.4 is 0 Å². The number of hydrogen-bond donors (Lipinski definition) is 0. The van der Waals surface area contributed by atoms with E-state index in [4.69, 9.17) is 10.7 Å². The maximum Gasteiger partial charge on any atom is 0.264 e. The van der Waals surface area contributed by atoms with Crippen molar-refractivity contribution in [1.82, 2.24) is 0 Å². The second kappa shape index (κ2) is 4.25. The molecule has 0 aliphatic rings. The van der Waals surface area contributed by atoms with Gasteiger partial charge in [0.05, 0.1) is 0 Å². The Bertz CT molecular complexity index is 557. The van der Waals surface area contributed by atoms with Gasteiger partial charge >= 0.3 is 0 Å². The van der Waals surface area contributed by atoms with Gasteiger partial charge in [-0.25, -0.2) is 12.8 Å². The van der Waals surface area contributed by atoms with Gasteiger partial charge in [-0.2, -0.15) is 0 Å². The summed E-state index contributed by atoms with van der Waals surface area (Å²) in [6.45, 7) is 9.19. The zero-order chi connectivity index (χ0) is 13.6. The van der Waals surface area contributed by atoms with Gasteiger partial charge in [-0.15, -0.1) is 0 Å². The SMILES string of the molecule is Cc1c(C(C)(C)C)cc(F)c(S(=O)(=O)Cl)c1C. The molecule has 0 saturated heterocycles. The minimum absolute atomic E-state index is 0.246. The molecule has 0 N–H and O–H groups in total. The van der Waals surface area contributed by atoms with E-state index in [9.17, 15) is 12.8 Å². The number of hydrogen-bond acceptors (Lipinski definition) is 2. The lowest BCUT2D eigenvalue weighted by Crippen LogP contribution is -2.16. The van der Waals surface area contributed by atoms with Gasteiger partial charge < -0.3 is 0 Å². The number of halogens is 2. The molecule has 2 nitrogen and oxygen atoms in total. The van der Waals surface area contributed by atoms with Crippen molar-refractivity contribution < 1.29 is 12.8 Å². The lowest BCUT2D eigenvalue weighted by atomic mass is 9.82. The van der Waals surface area contributed by atoms with Crippen molar-refractivity contribution in [3.05, 3.63) is 28.6 Å². The minimum Gasteiger partial charge on any atom is -0.207 e. The van der Waals surface area contributed by atoms with Crippen molar-refractivity contribution in [2.24, 2.45) is 0 Å². The summed E-state index contributed by atoms with van der Waals surface area (Å²) in [5, 5.41) is 0. The highest BCUT2D eigenvalue weighted by Crippen LogP contribution is 2.33. The topological polar surface area (TPSA) is 34.1 Å². The summed E-state index contributed by atoms with van der Waals surface area (Å²) < 4.78 is 36.5. The predicted molar refractivity (Wildman–Crippen MR) is 67.6 cm³/mol. The van der Waals surface area contributed by atoms with Crippen LogP contribution in [0.5, 0.6) is 0 Å². The van der Waals surface area contributed by atoms with Crippen LogP contribution in [0.2, 0.25) is 0 Å². The summed E-state index contributed by atoms with van der Waals surface area (Å²) in [5.41, 5.74) is 1.68. The first-order chi connectivity index (χ1) is 7.46. The molecule has 0 atom stereocenters. The smallest absolute Gasteiger partial charge is 0.207 e. The molecule has 0 heterocycles. The van der Waals surface area contributed by atoms with Crippen LogP contribution in [0.25, 0.3) is 0 Å². The maximum atomic E-state index is 13.9. The largest absolute Gasteiger partial charge is 0.264 e. The second-order valence-electron chi connectivity index (χ2n) is 5.17. The predicted octanol–water partition coefficient (Wildman–Crippen LogP) is 3.67. The Labute approximate surface area is 106 Å². The Hall–Kier alpha value is -0.610. The molecule has 0 saturated carbocycles. The summed E-state index contributed by atoms with van der Waals surface area (Å²) in [7, 11) is 1.19. The molecule has 0 aliphatic carbocycles. The molecule has 0 spiro atoms. The van der Waals surface area contributed by atoms with Gasteiger partial charge in [0.15, 0.2) is 0 Å². The molecule has 0 radical (unpaired) electrons. The highest BCUT2D eigenvalue weighted by atomic mass is 35.7. The van der Waals surface area contributed by atoms with Crippen LogP contribution in [0.3, 0.4) is 0 Å². The lowest BCUT2D eigenvalue weighted by molar-refractivity contribution is 0.546. The van der Waals surface area contributed by atoms with Crippen molar-refractivity contribution in [3.8, 4) is 0 Å². The average molecular weight is 279 g/mol. The fourth-order valence-corrected chi connectivity index (χ4v) is 3.31. The third-order valence-corrected chi connectivity index (χ3v) is 4.30. The van der Waals surface area contributed by atoms with Gasteiger partial charge in [0.2, 0.25) is 0 Å². The quantitative estimate of drug-likeness (QED) is 0.735. The fraction of sp³-hybridized carbons (Fsp3) is 0.500. The van der Waals surface area contributed by atoms with Gasteiger partial charge in [-0.1, -0.05) is 20.8 Å². The van der Waals surface area contributed by atoms with E-state index >= 15 is 0 Å². The third kappa shape index (κ3) is 2.80. The van der Waals surface area contributed by atoms with Gasteiger partial charge in [-0.3, -0.25) is 0 Å². The highest BCUT2D eigenvalue weighted by Gasteiger charge is 2.26. The molecule has 0 amide bonds. The van der Waals surface area contributed by atoms with E-state index in [2.05, 4.69) is 0 Å². The van der Waals surface area contributed by atoms with Crippen molar-refractivity contribution in [2.75, 3.05) is 0 Å². The second-order valence-corrected chi connectivity index (χ2v) is 7.68. The molecule has 1 rings (SSSR count). The van der Waals surface area contributed by atoms with Crippen LogP contribution in [0.15, 0.2) is 11.0 Å². The molecular weight excluding hydrogens is 263 g/mol. The minimum atomic E-state index is -4.05. The Morgan fingerprint density at radius 3 is 2.00 bits per heavy atom. The molecule has 17 heavy (non-hydrogen) atoms. The summed E-state index contributed by atoms with van der Waals surface area (Å²) in [5.74, 6) is -0.784. The van der Waals surface area contributed by atoms with E-state index in [1.165, 1.54) is 6.07 Å². The number of benzene rings is 1. The van der Waals surface area contributed by atoms with Crippen LogP contribution in [-0.4, -0.2) is 8.42 Å². The third-order valence-electron chi connectivity index (χ3n) is 2.85. The van der Waals surface area contributed by atoms with Crippen LogP contribution in [0.4, 0.5) is 4.39 Å². The normalized spacial score (nSPS) is 12.9. The first-order valence-corrected chi connectivity index (χ1v) is 7.52. The van der Waals surface area contributed by atoms with Gasteiger partial charge in [0.25, 0.3) is 9.05 Å². The molecule has 1 aromatic rings. The molecule has 0 aliphatic heterocycles. The molecule has 96 valence electrons. The highest BCUT2D eigenvalue weighted by molar-refractivity contribution is 8.13. The number of rotatable bonds is 1. The van der Waals surface area contributed by atoms with E-state index < -0.39 is 19.8 Å². The van der Waals surface area contributed by atoms with E-state index in [1.54, 1.807) is 13.8 Å². The monoisotopic (exact) mass is 278 g/mol. The molecular formula is C12H16ClFO2S. The van der Waals surface area contributed by atoms with E-state index in [1.807, 2.05) is 20.8 Å². The lowest BCUT2D eigenvalue weighted by Gasteiger charge is -2.24. The van der Waals surface area contributed by atoms with Crippen molar-refractivity contribution in [1.29, 1.82) is 0 Å². The summed E-state index contributed by atoms with van der Waals surface area (Å²) >= 11 is 0. The first kappa shape index (κ1) is 14.5. The Morgan fingerprint density at radius 1 is 1.18 bits per heavy atom. The zero-order valence-corrected chi connectivity index (χ0v) is 12.1. The van der Waals surface area contributed by atoms with Crippen LogP contribution >= 0.6 is 10.7 Å². The summed E-state index contributed by atoms with van der Waals surface area (Å²) in [6, 6.07) is 1.26. The fourth-order valence-electron chi connectivity index (χ4n) is 1.93. The molecule has 5 heteroatoms. The molecule has 0 bridgehead atoms. The average Bonchev–Trinajstić information content (AvgIpc) is 2.07. The van der Waals surface area contributed by atoms with Crippen LogP contribution in [0, 0.1) is 19.7 Å². The van der Waals surface area contributed by atoms with E-state index in [0.29, 0.717) is 5.56 Å². The van der Waals surface area contributed by atoms with Crippen LogP contribution in [0.1, 0.15) is 37.5 Å². The summed E-state index contributed by atoms with van der Waals surface area (Å²) in [6.07, 6.45) is 0. The molecule has 0 fully saturated rings. The Balaban J connectivity index is 3.72. The first-order valence-electron chi connectivity index (χ1n) is 5.21. The van der Waals surface area contributed by atoms with E-state index in [0.717, 1.165) is 11.1 Å². The standard InChI is InChI=1S/C12H16ClFO2S/c1-7-8(2)11(17(13,15)16)10(14)6-9(7)12(3,4)5/h6H,1-5H3. The van der Waals surface area contributed by atoms with Gasteiger partial charge in [0.1, 0.15) is 10.7 Å². The van der Waals surface area contributed by atoms with Crippen LogP contribution in [-0.2, 0) is 14.5 Å². The van der Waals surface area contributed by atoms with Gasteiger partial charge in [0, 0.05) is 10.7 Å². The maximum absolute atomic E-state index is 13.9. The van der Waals surface area contributed by atoms with Gasteiger partial charge in [-0.05, 0) is 42.0 Å². The Morgan fingerprint density at radius 2 is 1.65 bits per heavy atom. The molecule has 1 aromatic carbocycles. The Kier molecular flexibility index (Phi) is 3.61. The van der Waals surface area contributed by atoms with Crippen molar-refractivity contribution >= 4 is 19.7 Å². The van der Waals surface area contributed by atoms with E-state index in [-0.39, 0.29) is 5.41 Å². The molecule has 0 aromatic heterocycles. The summed E-state index contributed by atoms with van der Waals surface area (Å²) in [4.78, 5) is -0.412. The van der Waals surface area contributed by atoms with Crippen molar-refractivity contribution in [2.45, 2.75) is 44.9 Å². The zero-order valence-electron chi connectivity index (χ0n) is 10.6. The molecule has 0 unspecified atom stereocenters. The van der Waals surface area contributed by atoms with Crippen molar-refractivity contribution in [3.63, 3.8) is 0 Å².